The van der Waals surface area contributed by atoms with Crippen molar-refractivity contribution in [3.8, 4) is 5.75 Å². The quantitative estimate of drug-likeness (QED) is 0.603. The summed E-state index contributed by atoms with van der Waals surface area (Å²) in [7, 11) is 0. The van der Waals surface area contributed by atoms with Gasteiger partial charge < -0.3 is 21.5 Å². The van der Waals surface area contributed by atoms with Gasteiger partial charge in [0.1, 0.15) is 11.6 Å². The Morgan fingerprint density at radius 2 is 2.00 bits per heavy atom. The maximum atomic E-state index is 9.24. The summed E-state index contributed by atoms with van der Waals surface area (Å²) in [6, 6.07) is 6.73. The molecule has 0 atom stereocenters. The number of aromatic nitrogens is 2. The zero-order valence-electron chi connectivity index (χ0n) is 10.3. The molecule has 0 amide bonds. The van der Waals surface area contributed by atoms with Gasteiger partial charge in [0.05, 0.1) is 5.69 Å². The van der Waals surface area contributed by atoms with Crippen LogP contribution in [0.1, 0.15) is 11.3 Å². The molecule has 0 fully saturated rings. The van der Waals surface area contributed by atoms with E-state index in [0.29, 0.717) is 11.8 Å². The molecular formula is C13H15N5O. The highest BCUT2D eigenvalue weighted by molar-refractivity contribution is 5.57. The Labute approximate surface area is 110 Å². The maximum Gasteiger partial charge on any atom is 0.229 e. The number of benzene rings is 1. The van der Waals surface area contributed by atoms with E-state index in [0.717, 1.165) is 36.5 Å². The first-order valence-corrected chi connectivity index (χ1v) is 6.14. The number of hydrogen-bond donors (Lipinski definition) is 4. The number of anilines is 3. The predicted octanol–water partition coefficient (Wildman–Crippen LogP) is 1.15. The molecule has 0 saturated heterocycles. The number of nitrogens with zero attached hydrogens (tertiary/aromatic N) is 2. The highest BCUT2D eigenvalue weighted by Crippen LogP contribution is 2.22. The summed E-state index contributed by atoms with van der Waals surface area (Å²) in [5, 5.41) is 15.6. The van der Waals surface area contributed by atoms with Crippen LogP contribution in [0.25, 0.3) is 0 Å². The van der Waals surface area contributed by atoms with Crippen molar-refractivity contribution in [2.45, 2.75) is 13.0 Å². The predicted molar refractivity (Wildman–Crippen MR) is 73.2 cm³/mol. The maximum absolute atomic E-state index is 9.24. The van der Waals surface area contributed by atoms with Crippen LogP contribution in [0.4, 0.5) is 17.5 Å². The Bertz CT molecular complexity index is 597. The Morgan fingerprint density at radius 1 is 1.21 bits per heavy atom. The van der Waals surface area contributed by atoms with E-state index in [-0.39, 0.29) is 5.75 Å². The molecule has 0 unspecified atom stereocenters. The van der Waals surface area contributed by atoms with Crippen molar-refractivity contribution in [2.75, 3.05) is 17.6 Å². The van der Waals surface area contributed by atoms with Gasteiger partial charge in [0.2, 0.25) is 5.95 Å². The standard InChI is InChI=1S/C13H15N5O/c14-12-10-7-15-6-5-11(10)17-13(18-12)16-8-1-3-9(19)4-2-8/h1-4,15,19H,5-7H2,(H3,14,16,17,18). The fourth-order valence-corrected chi connectivity index (χ4v) is 2.10. The number of nitrogens with one attached hydrogen (secondary N) is 2. The van der Waals surface area contributed by atoms with Gasteiger partial charge in [-0.25, -0.2) is 4.98 Å². The van der Waals surface area contributed by atoms with E-state index < -0.39 is 0 Å². The number of nitrogen functional groups attached to an aromatic ring is 1. The molecule has 3 rings (SSSR count). The summed E-state index contributed by atoms with van der Waals surface area (Å²) >= 11 is 0. The Kier molecular flexibility index (Phi) is 2.92. The molecule has 98 valence electrons. The van der Waals surface area contributed by atoms with Gasteiger partial charge >= 0.3 is 0 Å². The lowest BCUT2D eigenvalue weighted by molar-refractivity contribution is 0.475. The summed E-state index contributed by atoms with van der Waals surface area (Å²) < 4.78 is 0. The van der Waals surface area contributed by atoms with Crippen molar-refractivity contribution in [3.05, 3.63) is 35.5 Å². The van der Waals surface area contributed by atoms with Crippen molar-refractivity contribution >= 4 is 17.5 Å². The first kappa shape index (κ1) is 11.7. The molecule has 6 heteroatoms. The average molecular weight is 257 g/mol. The topological polar surface area (TPSA) is 96.1 Å². The highest BCUT2D eigenvalue weighted by Gasteiger charge is 2.15. The van der Waals surface area contributed by atoms with Gasteiger partial charge in [0.25, 0.3) is 0 Å². The van der Waals surface area contributed by atoms with Crippen LogP contribution in [0.3, 0.4) is 0 Å². The fraction of sp³-hybridized carbons (Fsp3) is 0.231. The first-order valence-electron chi connectivity index (χ1n) is 6.14. The smallest absolute Gasteiger partial charge is 0.229 e. The van der Waals surface area contributed by atoms with E-state index in [4.69, 9.17) is 5.73 Å². The van der Waals surface area contributed by atoms with E-state index in [1.165, 1.54) is 0 Å². The second-order valence-corrected chi connectivity index (χ2v) is 4.46. The number of phenolic OH excluding ortho intramolecular Hbond substituents is 1. The molecule has 6 nitrogen and oxygen atoms in total. The molecular weight excluding hydrogens is 242 g/mol. The number of aromatic hydroxyl groups is 1. The van der Waals surface area contributed by atoms with Crippen molar-refractivity contribution in [2.24, 2.45) is 0 Å². The van der Waals surface area contributed by atoms with E-state index in [2.05, 4.69) is 20.6 Å². The number of fused-ring (bicyclic) bond motifs is 1. The summed E-state index contributed by atoms with van der Waals surface area (Å²) in [5.74, 6) is 1.23. The van der Waals surface area contributed by atoms with Crippen LogP contribution in [0.2, 0.25) is 0 Å². The molecule has 0 radical (unpaired) electrons. The summed E-state index contributed by atoms with van der Waals surface area (Å²) in [4.78, 5) is 8.74. The molecule has 1 aromatic heterocycles. The minimum absolute atomic E-state index is 0.225. The molecule has 0 saturated carbocycles. The number of rotatable bonds is 2. The Hall–Kier alpha value is -2.34. The van der Waals surface area contributed by atoms with Gasteiger partial charge in [-0.15, -0.1) is 0 Å². The molecule has 0 aliphatic carbocycles. The second-order valence-electron chi connectivity index (χ2n) is 4.46. The summed E-state index contributed by atoms with van der Waals surface area (Å²) in [6.45, 7) is 1.63. The first-order chi connectivity index (χ1) is 9.22. The SMILES string of the molecule is Nc1nc(Nc2ccc(O)cc2)nc2c1CNCC2. The molecule has 1 aliphatic rings. The van der Waals surface area contributed by atoms with Crippen LogP contribution in [0, 0.1) is 0 Å². The zero-order valence-corrected chi connectivity index (χ0v) is 10.3. The molecule has 1 aliphatic heterocycles. The minimum Gasteiger partial charge on any atom is -0.508 e. The van der Waals surface area contributed by atoms with Crippen LogP contribution < -0.4 is 16.4 Å². The zero-order chi connectivity index (χ0) is 13.2. The third-order valence-electron chi connectivity index (χ3n) is 3.09. The van der Waals surface area contributed by atoms with E-state index >= 15 is 0 Å². The lowest BCUT2D eigenvalue weighted by Gasteiger charge is -2.18. The summed E-state index contributed by atoms with van der Waals surface area (Å²) in [6.07, 6.45) is 0.853. The lowest BCUT2D eigenvalue weighted by atomic mass is 10.1. The van der Waals surface area contributed by atoms with Crippen LogP contribution in [-0.4, -0.2) is 21.6 Å². The van der Waals surface area contributed by atoms with Crippen molar-refractivity contribution in [1.29, 1.82) is 0 Å². The molecule has 2 heterocycles. The van der Waals surface area contributed by atoms with Crippen molar-refractivity contribution in [1.82, 2.24) is 15.3 Å². The molecule has 0 bridgehead atoms. The van der Waals surface area contributed by atoms with Crippen LogP contribution in [0.5, 0.6) is 5.75 Å². The van der Waals surface area contributed by atoms with E-state index in [9.17, 15) is 5.11 Å². The highest BCUT2D eigenvalue weighted by atomic mass is 16.3. The Balaban J connectivity index is 1.89. The van der Waals surface area contributed by atoms with Crippen molar-refractivity contribution in [3.63, 3.8) is 0 Å². The van der Waals surface area contributed by atoms with Crippen molar-refractivity contribution < 1.29 is 5.11 Å². The van der Waals surface area contributed by atoms with Gasteiger partial charge in [-0.2, -0.15) is 4.98 Å². The average Bonchev–Trinajstić information content (AvgIpc) is 2.42. The van der Waals surface area contributed by atoms with Gasteiger partial charge in [0, 0.05) is 30.8 Å². The molecule has 5 N–H and O–H groups in total. The largest absolute Gasteiger partial charge is 0.508 e. The molecule has 0 spiro atoms. The molecule has 19 heavy (non-hydrogen) atoms. The summed E-state index contributed by atoms with van der Waals surface area (Å²) in [5.41, 5.74) is 8.74. The number of nitrogens with two attached hydrogens (primary N) is 1. The minimum atomic E-state index is 0.225. The monoisotopic (exact) mass is 257 g/mol. The normalized spacial score (nSPS) is 13.9. The fourth-order valence-electron chi connectivity index (χ4n) is 2.10. The second kappa shape index (κ2) is 4.74. The van der Waals surface area contributed by atoms with Gasteiger partial charge in [-0.05, 0) is 24.3 Å². The molecule has 2 aromatic rings. The van der Waals surface area contributed by atoms with Gasteiger partial charge in [-0.1, -0.05) is 0 Å². The van der Waals surface area contributed by atoms with Gasteiger partial charge in [0.15, 0.2) is 0 Å². The van der Waals surface area contributed by atoms with E-state index in [1.807, 2.05) is 0 Å². The van der Waals surface area contributed by atoms with Crippen LogP contribution in [0.15, 0.2) is 24.3 Å². The number of hydrogen-bond acceptors (Lipinski definition) is 6. The van der Waals surface area contributed by atoms with Crippen LogP contribution in [-0.2, 0) is 13.0 Å². The van der Waals surface area contributed by atoms with Crippen LogP contribution >= 0.6 is 0 Å². The Morgan fingerprint density at radius 3 is 2.79 bits per heavy atom. The lowest BCUT2D eigenvalue weighted by Crippen LogP contribution is -2.26. The number of phenols is 1. The third kappa shape index (κ3) is 2.43. The van der Waals surface area contributed by atoms with Gasteiger partial charge in [-0.3, -0.25) is 0 Å². The third-order valence-corrected chi connectivity index (χ3v) is 3.09. The van der Waals surface area contributed by atoms with E-state index in [1.54, 1.807) is 24.3 Å². The molecule has 1 aromatic carbocycles.